The summed E-state index contributed by atoms with van der Waals surface area (Å²) in [7, 11) is -3.40. The summed E-state index contributed by atoms with van der Waals surface area (Å²) in [6.07, 6.45) is 2.67. The maximum absolute atomic E-state index is 10.9. The van der Waals surface area contributed by atoms with Crippen molar-refractivity contribution in [2.75, 3.05) is 6.26 Å². The minimum absolute atomic E-state index is 0.299. The first-order valence-electron chi connectivity index (χ1n) is 3.65. The molecule has 0 aromatic heterocycles. The molecule has 1 unspecified atom stereocenters. The van der Waals surface area contributed by atoms with Crippen molar-refractivity contribution in [3.8, 4) is 0 Å². The van der Waals surface area contributed by atoms with Gasteiger partial charge in [-0.3, -0.25) is 4.18 Å². The van der Waals surface area contributed by atoms with Gasteiger partial charge in [-0.2, -0.15) is 8.42 Å². The lowest BCUT2D eigenvalue weighted by atomic mass is 10.3. The number of alkyl halides is 3. The molecule has 0 amide bonds. The van der Waals surface area contributed by atoms with E-state index in [1.807, 2.05) is 0 Å². The fourth-order valence-electron chi connectivity index (χ4n) is 0.988. The molecule has 0 heterocycles. The quantitative estimate of drug-likeness (QED) is 0.540. The highest BCUT2D eigenvalue weighted by Crippen LogP contribution is 2.49. The van der Waals surface area contributed by atoms with E-state index in [0.717, 1.165) is 19.1 Å². The van der Waals surface area contributed by atoms with Crippen LogP contribution in [0.4, 0.5) is 0 Å². The first-order valence-corrected chi connectivity index (χ1v) is 7.84. The summed E-state index contributed by atoms with van der Waals surface area (Å²) in [4.78, 5) is 0. The molecule has 1 atom stereocenters. The Balaban J connectivity index is 2.69. The number of hydrogen-bond acceptors (Lipinski definition) is 3. The molecule has 0 bridgehead atoms. The lowest BCUT2D eigenvalue weighted by Gasteiger charge is -2.24. The zero-order valence-corrected chi connectivity index (χ0v) is 12.4. The van der Waals surface area contributed by atoms with Gasteiger partial charge in [0, 0.05) is 0 Å². The van der Waals surface area contributed by atoms with E-state index in [9.17, 15) is 8.42 Å². The van der Waals surface area contributed by atoms with E-state index in [0.29, 0.717) is 5.92 Å². The Bertz CT molecular complexity index is 278. The highest BCUT2D eigenvalue weighted by molar-refractivity contribution is 9.39. The predicted octanol–water partition coefficient (Wildman–Crippen LogP) is 2.58. The summed E-state index contributed by atoms with van der Waals surface area (Å²) >= 11 is 9.85. The van der Waals surface area contributed by atoms with Crippen LogP contribution >= 0.6 is 47.8 Å². The van der Waals surface area contributed by atoms with Gasteiger partial charge < -0.3 is 0 Å². The van der Waals surface area contributed by atoms with Gasteiger partial charge >= 0.3 is 0 Å². The molecule has 1 aliphatic rings. The molecule has 3 nitrogen and oxygen atoms in total. The third-order valence-electron chi connectivity index (χ3n) is 1.65. The minimum atomic E-state index is -3.40. The SMILES string of the molecule is CS(=O)(=O)OC(C1CC1)C(Br)(Br)Br. The molecule has 0 aliphatic heterocycles. The molecule has 7 heteroatoms. The van der Waals surface area contributed by atoms with E-state index >= 15 is 0 Å². The summed E-state index contributed by atoms with van der Waals surface area (Å²) in [6, 6.07) is 0. The Morgan fingerprint density at radius 2 is 1.85 bits per heavy atom. The summed E-state index contributed by atoms with van der Waals surface area (Å²) in [5, 5.41) is 0. The van der Waals surface area contributed by atoms with Crippen molar-refractivity contribution in [3.63, 3.8) is 0 Å². The second-order valence-electron chi connectivity index (χ2n) is 3.10. The number of hydrogen-bond donors (Lipinski definition) is 0. The van der Waals surface area contributed by atoms with Crippen LogP contribution in [-0.2, 0) is 14.3 Å². The topological polar surface area (TPSA) is 43.4 Å². The van der Waals surface area contributed by atoms with Crippen LogP contribution in [0.25, 0.3) is 0 Å². The van der Waals surface area contributed by atoms with Crippen molar-refractivity contribution >= 4 is 57.9 Å². The Hall–Kier alpha value is 1.35. The van der Waals surface area contributed by atoms with Crippen LogP contribution in [-0.4, -0.2) is 22.9 Å². The molecule has 0 N–H and O–H groups in total. The van der Waals surface area contributed by atoms with Crippen LogP contribution in [0.2, 0.25) is 0 Å². The Kier molecular flexibility index (Phi) is 3.89. The molecule has 0 aromatic carbocycles. The van der Waals surface area contributed by atoms with Crippen molar-refractivity contribution in [1.29, 1.82) is 0 Å². The van der Waals surface area contributed by atoms with Crippen molar-refractivity contribution in [1.82, 2.24) is 0 Å². The van der Waals surface area contributed by atoms with Gasteiger partial charge in [0.25, 0.3) is 10.1 Å². The van der Waals surface area contributed by atoms with Crippen LogP contribution in [0.1, 0.15) is 12.8 Å². The Morgan fingerprint density at radius 1 is 1.38 bits per heavy atom. The van der Waals surface area contributed by atoms with E-state index in [-0.39, 0.29) is 0 Å². The maximum Gasteiger partial charge on any atom is 0.264 e. The van der Waals surface area contributed by atoms with Crippen LogP contribution in [0.15, 0.2) is 0 Å². The third-order valence-corrected chi connectivity index (χ3v) is 3.56. The minimum Gasteiger partial charge on any atom is -0.263 e. The molecule has 13 heavy (non-hydrogen) atoms. The highest BCUT2D eigenvalue weighted by Gasteiger charge is 2.45. The summed E-state index contributed by atoms with van der Waals surface area (Å²) < 4.78 is 26.2. The fourth-order valence-corrected chi connectivity index (χ4v) is 3.44. The van der Waals surface area contributed by atoms with Crippen LogP contribution in [0.3, 0.4) is 0 Å². The Morgan fingerprint density at radius 3 is 2.08 bits per heavy atom. The molecule has 0 aromatic rings. The van der Waals surface area contributed by atoms with Crippen molar-refractivity contribution in [3.05, 3.63) is 0 Å². The van der Waals surface area contributed by atoms with Crippen LogP contribution in [0.5, 0.6) is 0 Å². The van der Waals surface area contributed by atoms with Gasteiger partial charge in [-0.15, -0.1) is 0 Å². The van der Waals surface area contributed by atoms with E-state index < -0.39 is 18.4 Å². The second kappa shape index (κ2) is 4.08. The zero-order chi connectivity index (χ0) is 10.3. The van der Waals surface area contributed by atoms with Gasteiger partial charge in [-0.1, -0.05) is 47.8 Å². The molecule has 1 rings (SSSR count). The lowest BCUT2D eigenvalue weighted by molar-refractivity contribution is 0.202. The second-order valence-corrected chi connectivity index (χ2v) is 11.6. The molecule has 1 saturated carbocycles. The van der Waals surface area contributed by atoms with E-state index in [1.54, 1.807) is 0 Å². The molecule has 1 aliphatic carbocycles. The van der Waals surface area contributed by atoms with Crippen LogP contribution < -0.4 is 0 Å². The van der Waals surface area contributed by atoms with E-state index in [4.69, 9.17) is 4.18 Å². The average molecular weight is 401 g/mol. The standard InChI is InChI=1S/C6H9Br3O3S/c1-13(10,11)12-5(4-2-3-4)6(7,8)9/h4-5H,2-3H2,1H3. The fraction of sp³-hybridized carbons (Fsp3) is 1.00. The molecule has 78 valence electrons. The monoisotopic (exact) mass is 398 g/mol. The largest absolute Gasteiger partial charge is 0.264 e. The third kappa shape index (κ3) is 4.59. The lowest BCUT2D eigenvalue weighted by Crippen LogP contribution is -2.31. The van der Waals surface area contributed by atoms with E-state index in [2.05, 4.69) is 47.8 Å². The average Bonchev–Trinajstić information content (AvgIpc) is 2.58. The predicted molar refractivity (Wildman–Crippen MR) is 62.0 cm³/mol. The molecular formula is C6H9Br3O3S. The summed E-state index contributed by atoms with van der Waals surface area (Å²) in [5.41, 5.74) is 0. The summed E-state index contributed by atoms with van der Waals surface area (Å²) in [5.74, 6) is 0.299. The van der Waals surface area contributed by atoms with Crippen molar-refractivity contribution in [2.45, 2.75) is 21.1 Å². The number of rotatable bonds is 3. The molecule has 0 radical (unpaired) electrons. The van der Waals surface area contributed by atoms with Crippen molar-refractivity contribution in [2.24, 2.45) is 5.92 Å². The Labute approximate surface area is 103 Å². The highest BCUT2D eigenvalue weighted by atomic mass is 80.0. The van der Waals surface area contributed by atoms with Gasteiger partial charge in [0.2, 0.25) is 0 Å². The molecule has 0 spiro atoms. The maximum atomic E-state index is 10.9. The smallest absolute Gasteiger partial charge is 0.263 e. The van der Waals surface area contributed by atoms with E-state index in [1.165, 1.54) is 0 Å². The molecule has 0 saturated heterocycles. The van der Waals surface area contributed by atoms with Gasteiger partial charge in [-0.25, -0.2) is 0 Å². The van der Waals surface area contributed by atoms with Gasteiger partial charge in [-0.05, 0) is 18.8 Å². The molecule has 1 fully saturated rings. The first-order chi connectivity index (χ1) is 5.70. The molecular weight excluding hydrogens is 392 g/mol. The van der Waals surface area contributed by atoms with Gasteiger partial charge in [0.05, 0.1) is 6.26 Å². The van der Waals surface area contributed by atoms with Gasteiger partial charge in [0.15, 0.2) is 2.14 Å². The number of halogens is 3. The zero-order valence-electron chi connectivity index (χ0n) is 6.84. The van der Waals surface area contributed by atoms with Gasteiger partial charge in [0.1, 0.15) is 6.10 Å². The first kappa shape index (κ1) is 12.4. The summed E-state index contributed by atoms with van der Waals surface area (Å²) in [6.45, 7) is 0. The van der Waals surface area contributed by atoms with Crippen molar-refractivity contribution < 1.29 is 12.6 Å². The van der Waals surface area contributed by atoms with Crippen LogP contribution in [0, 0.1) is 5.92 Å². The normalized spacial score (nSPS) is 21.5.